The lowest BCUT2D eigenvalue weighted by atomic mass is 10.0. The van der Waals surface area contributed by atoms with Gasteiger partial charge in [0.1, 0.15) is 0 Å². The first-order valence-corrected chi connectivity index (χ1v) is 10.9. The highest BCUT2D eigenvalue weighted by atomic mass is 35.5. The minimum Gasteiger partial charge on any atom is -0.288 e. The van der Waals surface area contributed by atoms with Crippen molar-refractivity contribution >= 4 is 38.7 Å². The molecule has 1 heterocycles. The SMILES string of the molecule is CN1c2cc(N(C)S(C)(=O)=O)c(C3CC3)cc2CN1c1ccc(Cl)cc1. The summed E-state index contributed by atoms with van der Waals surface area (Å²) in [6, 6.07) is 12.0. The molecule has 0 atom stereocenters. The highest BCUT2D eigenvalue weighted by Gasteiger charge is 2.33. The van der Waals surface area contributed by atoms with Crippen LogP contribution in [0.4, 0.5) is 17.1 Å². The van der Waals surface area contributed by atoms with Gasteiger partial charge in [0.15, 0.2) is 0 Å². The lowest BCUT2D eigenvalue weighted by Crippen LogP contribution is -2.34. The van der Waals surface area contributed by atoms with Gasteiger partial charge in [-0.25, -0.2) is 8.42 Å². The van der Waals surface area contributed by atoms with Crippen molar-refractivity contribution in [3.63, 3.8) is 0 Å². The van der Waals surface area contributed by atoms with Crippen LogP contribution in [0.25, 0.3) is 0 Å². The van der Waals surface area contributed by atoms with Gasteiger partial charge in [-0.3, -0.25) is 14.3 Å². The molecule has 138 valence electrons. The number of halogens is 1. The summed E-state index contributed by atoms with van der Waals surface area (Å²) in [6.45, 7) is 0.760. The zero-order valence-electron chi connectivity index (χ0n) is 15.1. The summed E-state index contributed by atoms with van der Waals surface area (Å²) in [7, 11) is 0.332. The average molecular weight is 392 g/mol. The van der Waals surface area contributed by atoms with E-state index in [4.69, 9.17) is 11.6 Å². The molecular weight excluding hydrogens is 370 g/mol. The van der Waals surface area contributed by atoms with Gasteiger partial charge in [-0.1, -0.05) is 11.6 Å². The summed E-state index contributed by atoms with van der Waals surface area (Å²) in [5, 5.41) is 4.96. The number of rotatable bonds is 4. The standard InChI is InChI=1S/C19H22ClN3O2S/c1-21-18-11-19(22(2)26(3,24)25)17(13-4-5-13)10-14(18)12-23(21)16-8-6-15(20)7-9-16/h6-11,13H,4-5,12H2,1-3H3. The van der Waals surface area contributed by atoms with Crippen molar-refractivity contribution in [2.75, 3.05) is 34.7 Å². The molecule has 2 aromatic rings. The van der Waals surface area contributed by atoms with Crippen molar-refractivity contribution < 1.29 is 8.42 Å². The Morgan fingerprint density at radius 3 is 2.38 bits per heavy atom. The van der Waals surface area contributed by atoms with E-state index in [-0.39, 0.29) is 0 Å². The lowest BCUT2D eigenvalue weighted by Gasteiger charge is -2.29. The van der Waals surface area contributed by atoms with Crippen LogP contribution < -0.4 is 14.3 Å². The third kappa shape index (κ3) is 3.01. The molecule has 1 aliphatic heterocycles. The molecule has 0 N–H and O–H groups in total. The van der Waals surface area contributed by atoms with Crippen molar-refractivity contribution in [3.8, 4) is 0 Å². The Morgan fingerprint density at radius 1 is 1.15 bits per heavy atom. The summed E-state index contributed by atoms with van der Waals surface area (Å²) in [4.78, 5) is 0. The average Bonchev–Trinajstić information content (AvgIpc) is 3.38. The van der Waals surface area contributed by atoms with Crippen LogP contribution in [0.3, 0.4) is 0 Å². The molecule has 0 bridgehead atoms. The van der Waals surface area contributed by atoms with E-state index in [1.807, 2.05) is 37.4 Å². The molecule has 2 aromatic carbocycles. The highest BCUT2D eigenvalue weighted by Crippen LogP contribution is 2.48. The van der Waals surface area contributed by atoms with Crippen LogP contribution in [0, 0.1) is 0 Å². The minimum absolute atomic E-state index is 0.467. The van der Waals surface area contributed by atoms with Gasteiger partial charge in [0.25, 0.3) is 0 Å². The molecule has 0 spiro atoms. The molecule has 0 unspecified atom stereocenters. The normalized spacial score (nSPS) is 16.8. The highest BCUT2D eigenvalue weighted by molar-refractivity contribution is 7.92. The van der Waals surface area contributed by atoms with E-state index in [0.717, 1.165) is 42.0 Å². The van der Waals surface area contributed by atoms with Gasteiger partial charge in [-0.2, -0.15) is 0 Å². The molecule has 5 nitrogen and oxygen atoms in total. The van der Waals surface area contributed by atoms with Crippen LogP contribution >= 0.6 is 11.6 Å². The van der Waals surface area contributed by atoms with E-state index >= 15 is 0 Å². The van der Waals surface area contributed by atoms with Crippen LogP contribution in [-0.2, 0) is 16.6 Å². The van der Waals surface area contributed by atoms with Gasteiger partial charge < -0.3 is 0 Å². The first kappa shape index (κ1) is 17.5. The van der Waals surface area contributed by atoms with Gasteiger partial charge in [0, 0.05) is 19.1 Å². The molecule has 0 saturated heterocycles. The molecule has 26 heavy (non-hydrogen) atoms. The van der Waals surface area contributed by atoms with E-state index in [2.05, 4.69) is 16.1 Å². The third-order valence-electron chi connectivity index (χ3n) is 5.24. The van der Waals surface area contributed by atoms with E-state index in [1.165, 1.54) is 16.1 Å². The van der Waals surface area contributed by atoms with E-state index in [0.29, 0.717) is 10.9 Å². The zero-order chi connectivity index (χ0) is 18.6. The summed E-state index contributed by atoms with van der Waals surface area (Å²) in [5.74, 6) is 0.467. The second kappa shape index (κ2) is 6.06. The smallest absolute Gasteiger partial charge is 0.232 e. The second-order valence-electron chi connectivity index (χ2n) is 7.10. The lowest BCUT2D eigenvalue weighted by molar-refractivity contribution is 0.600. The molecule has 0 aromatic heterocycles. The topological polar surface area (TPSA) is 43.9 Å². The molecule has 1 fully saturated rings. The number of hydrazine groups is 1. The molecule has 0 amide bonds. The quantitative estimate of drug-likeness (QED) is 0.790. The summed E-state index contributed by atoms with van der Waals surface area (Å²) < 4.78 is 25.6. The zero-order valence-corrected chi connectivity index (χ0v) is 16.7. The van der Waals surface area contributed by atoms with Gasteiger partial charge in [-0.15, -0.1) is 0 Å². The number of sulfonamides is 1. The Morgan fingerprint density at radius 2 is 1.81 bits per heavy atom. The van der Waals surface area contributed by atoms with Gasteiger partial charge in [0.05, 0.1) is 29.9 Å². The molecule has 0 radical (unpaired) electrons. The van der Waals surface area contributed by atoms with Crippen molar-refractivity contribution in [2.45, 2.75) is 25.3 Å². The maximum Gasteiger partial charge on any atom is 0.232 e. The van der Waals surface area contributed by atoms with Crippen LogP contribution in [0.15, 0.2) is 36.4 Å². The number of fused-ring (bicyclic) bond motifs is 1. The number of hydrogen-bond donors (Lipinski definition) is 0. The van der Waals surface area contributed by atoms with Crippen molar-refractivity contribution in [3.05, 3.63) is 52.5 Å². The molecule has 7 heteroatoms. The Bertz CT molecular complexity index is 955. The van der Waals surface area contributed by atoms with Crippen molar-refractivity contribution in [2.24, 2.45) is 0 Å². The molecule has 1 saturated carbocycles. The van der Waals surface area contributed by atoms with Crippen LogP contribution in [0.5, 0.6) is 0 Å². The number of benzene rings is 2. The van der Waals surface area contributed by atoms with E-state index in [9.17, 15) is 8.42 Å². The van der Waals surface area contributed by atoms with Gasteiger partial charge in [-0.05, 0) is 66.3 Å². The summed E-state index contributed by atoms with van der Waals surface area (Å²) in [5.41, 5.74) is 5.24. The fourth-order valence-electron chi connectivity index (χ4n) is 3.52. The molecule has 2 aliphatic rings. The Balaban J connectivity index is 1.76. The number of nitrogens with zero attached hydrogens (tertiary/aromatic N) is 3. The predicted molar refractivity (Wildman–Crippen MR) is 108 cm³/mol. The summed E-state index contributed by atoms with van der Waals surface area (Å²) in [6.07, 6.45) is 3.50. The monoisotopic (exact) mass is 391 g/mol. The fraction of sp³-hybridized carbons (Fsp3) is 0.368. The molecule has 4 rings (SSSR count). The fourth-order valence-corrected chi connectivity index (χ4v) is 4.16. The maximum absolute atomic E-state index is 12.1. The molecular formula is C19H22ClN3O2S. The van der Waals surface area contributed by atoms with Crippen molar-refractivity contribution in [1.29, 1.82) is 0 Å². The summed E-state index contributed by atoms with van der Waals surface area (Å²) >= 11 is 6.01. The molecule has 1 aliphatic carbocycles. The van der Waals surface area contributed by atoms with Gasteiger partial charge >= 0.3 is 0 Å². The van der Waals surface area contributed by atoms with E-state index < -0.39 is 10.0 Å². The Hall–Kier alpha value is -1.92. The predicted octanol–water partition coefficient (Wildman–Crippen LogP) is 3.98. The maximum atomic E-state index is 12.1. The third-order valence-corrected chi connectivity index (χ3v) is 6.68. The second-order valence-corrected chi connectivity index (χ2v) is 9.55. The number of hydrogen-bond acceptors (Lipinski definition) is 4. The number of anilines is 3. The van der Waals surface area contributed by atoms with Crippen LogP contribution in [-0.4, -0.2) is 28.8 Å². The first-order valence-electron chi connectivity index (χ1n) is 8.63. The van der Waals surface area contributed by atoms with Crippen LogP contribution in [0.1, 0.15) is 29.9 Å². The largest absolute Gasteiger partial charge is 0.288 e. The van der Waals surface area contributed by atoms with Gasteiger partial charge in [0.2, 0.25) is 10.0 Å². The first-order chi connectivity index (χ1) is 12.3. The Kier molecular flexibility index (Phi) is 4.08. The van der Waals surface area contributed by atoms with Crippen molar-refractivity contribution in [1.82, 2.24) is 0 Å². The Labute approximate surface area is 159 Å². The van der Waals surface area contributed by atoms with E-state index in [1.54, 1.807) is 7.05 Å². The minimum atomic E-state index is -3.30. The van der Waals surface area contributed by atoms with Crippen LogP contribution in [0.2, 0.25) is 5.02 Å².